The van der Waals surface area contributed by atoms with E-state index in [9.17, 15) is 13.5 Å². The molecule has 2 aromatic rings. The van der Waals surface area contributed by atoms with Crippen LogP contribution in [0.3, 0.4) is 0 Å². The normalized spacial score (nSPS) is 19.0. The van der Waals surface area contributed by atoms with Gasteiger partial charge in [-0.15, -0.1) is 0 Å². The maximum atomic E-state index is 13.2. The van der Waals surface area contributed by atoms with Gasteiger partial charge in [-0.2, -0.15) is 0 Å². The van der Waals surface area contributed by atoms with Gasteiger partial charge >= 0.3 is 0 Å². The molecule has 4 rings (SSSR count). The van der Waals surface area contributed by atoms with Gasteiger partial charge in [0.05, 0.1) is 23.8 Å². The number of ether oxygens (including phenoxy) is 3. The molecule has 0 spiro atoms. The molecule has 7 nitrogen and oxygen atoms in total. The summed E-state index contributed by atoms with van der Waals surface area (Å²) < 4.78 is 43.9. The van der Waals surface area contributed by atoms with Crippen LogP contribution in [0, 0.1) is 0 Å². The Labute approximate surface area is 151 Å². The minimum absolute atomic E-state index is 0.125. The molecule has 1 N–H and O–H groups in total. The molecule has 0 fully saturated rings. The van der Waals surface area contributed by atoms with Crippen LogP contribution >= 0.6 is 0 Å². The number of anilines is 1. The Hall–Kier alpha value is -2.45. The zero-order valence-corrected chi connectivity index (χ0v) is 15.0. The molecular weight excluding hydrogens is 358 g/mol. The molecular formula is C18H19NO6S. The lowest BCUT2D eigenvalue weighted by Gasteiger charge is -2.33. The molecule has 0 radical (unpaired) electrons. The van der Waals surface area contributed by atoms with Gasteiger partial charge in [0.2, 0.25) is 0 Å². The van der Waals surface area contributed by atoms with Crippen molar-refractivity contribution in [1.29, 1.82) is 0 Å². The minimum atomic E-state index is -3.81. The second-order valence-electron chi connectivity index (χ2n) is 6.11. The highest BCUT2D eigenvalue weighted by Gasteiger charge is 2.33. The molecule has 0 saturated carbocycles. The molecule has 1 unspecified atom stereocenters. The van der Waals surface area contributed by atoms with E-state index in [2.05, 4.69) is 0 Å². The lowest BCUT2D eigenvalue weighted by atomic mass is 10.0. The number of aliphatic hydroxyl groups is 1. The highest BCUT2D eigenvalue weighted by Crippen LogP contribution is 2.40. The van der Waals surface area contributed by atoms with E-state index in [1.807, 2.05) is 0 Å². The molecule has 2 aliphatic heterocycles. The van der Waals surface area contributed by atoms with Gasteiger partial charge in [-0.05, 0) is 36.8 Å². The van der Waals surface area contributed by atoms with Crippen molar-refractivity contribution in [3.63, 3.8) is 0 Å². The van der Waals surface area contributed by atoms with Crippen LogP contribution in [0.15, 0.2) is 41.3 Å². The van der Waals surface area contributed by atoms with Gasteiger partial charge in [0.25, 0.3) is 10.0 Å². The fraction of sp³-hybridized carbons (Fsp3) is 0.333. The first-order valence-corrected chi connectivity index (χ1v) is 9.73. The summed E-state index contributed by atoms with van der Waals surface area (Å²) in [4.78, 5) is 0.125. The minimum Gasteiger partial charge on any atom is -0.497 e. The fourth-order valence-corrected chi connectivity index (χ4v) is 4.75. The summed E-state index contributed by atoms with van der Waals surface area (Å²) in [7, 11) is -2.28. The topological polar surface area (TPSA) is 85.3 Å². The maximum absolute atomic E-state index is 13.2. The number of aliphatic hydroxyl groups excluding tert-OH is 1. The van der Waals surface area contributed by atoms with Crippen molar-refractivity contribution in [2.75, 3.05) is 31.2 Å². The highest BCUT2D eigenvalue weighted by molar-refractivity contribution is 7.92. The maximum Gasteiger partial charge on any atom is 0.264 e. The second-order valence-corrected chi connectivity index (χ2v) is 7.97. The van der Waals surface area contributed by atoms with Gasteiger partial charge in [0.15, 0.2) is 11.5 Å². The summed E-state index contributed by atoms with van der Waals surface area (Å²) in [6.45, 7) is 1.02. The van der Waals surface area contributed by atoms with Crippen molar-refractivity contribution >= 4 is 15.7 Å². The summed E-state index contributed by atoms with van der Waals surface area (Å²) >= 11 is 0. The van der Waals surface area contributed by atoms with Crippen LogP contribution in [0.25, 0.3) is 0 Å². The molecule has 0 bridgehead atoms. The summed E-state index contributed by atoms with van der Waals surface area (Å²) in [6, 6.07) is 9.62. The number of rotatable bonds is 3. The van der Waals surface area contributed by atoms with E-state index in [-0.39, 0.29) is 11.4 Å². The molecule has 0 amide bonds. The first-order valence-electron chi connectivity index (χ1n) is 8.29. The third-order valence-corrected chi connectivity index (χ3v) is 6.38. The average molecular weight is 377 g/mol. The van der Waals surface area contributed by atoms with Crippen molar-refractivity contribution < 1.29 is 27.7 Å². The SMILES string of the molecule is COc1ccc2c(c1)C(O)CCN2S(=O)(=O)c1ccc2c(c1)OCCO2. The molecule has 2 aliphatic rings. The number of benzene rings is 2. The van der Waals surface area contributed by atoms with Crippen molar-refractivity contribution in [1.82, 2.24) is 0 Å². The molecule has 2 heterocycles. The molecule has 0 aromatic heterocycles. The van der Waals surface area contributed by atoms with Gasteiger partial charge in [0, 0.05) is 18.2 Å². The van der Waals surface area contributed by atoms with Gasteiger partial charge in [-0.25, -0.2) is 8.42 Å². The third-order valence-electron chi connectivity index (χ3n) is 4.57. The molecule has 0 aliphatic carbocycles. The van der Waals surface area contributed by atoms with E-state index in [1.165, 1.54) is 23.5 Å². The molecule has 0 saturated heterocycles. The molecule has 2 aromatic carbocycles. The van der Waals surface area contributed by atoms with Crippen LogP contribution in [0.1, 0.15) is 18.1 Å². The van der Waals surface area contributed by atoms with Crippen LogP contribution in [0.4, 0.5) is 5.69 Å². The Morgan fingerprint density at radius 1 is 1.12 bits per heavy atom. The predicted octanol–water partition coefficient (Wildman–Crippen LogP) is 2.10. The van der Waals surface area contributed by atoms with Crippen molar-refractivity contribution in [2.24, 2.45) is 0 Å². The number of hydrogen-bond acceptors (Lipinski definition) is 6. The van der Waals surface area contributed by atoms with Crippen LogP contribution in [0.2, 0.25) is 0 Å². The standard InChI is InChI=1S/C18H19NO6S/c1-23-12-2-4-15-14(10-12)16(20)6-7-19(15)26(21,22)13-3-5-17-18(11-13)25-9-8-24-17/h2-5,10-11,16,20H,6-9H2,1H3. The molecule has 26 heavy (non-hydrogen) atoms. The van der Waals surface area contributed by atoms with Crippen LogP contribution in [0.5, 0.6) is 17.2 Å². The van der Waals surface area contributed by atoms with E-state index in [0.717, 1.165) is 0 Å². The van der Waals surface area contributed by atoms with E-state index in [1.54, 1.807) is 24.3 Å². The molecule has 1 atom stereocenters. The number of nitrogens with zero attached hydrogens (tertiary/aromatic N) is 1. The smallest absolute Gasteiger partial charge is 0.264 e. The van der Waals surface area contributed by atoms with Gasteiger partial charge in [-0.3, -0.25) is 4.31 Å². The lowest BCUT2D eigenvalue weighted by molar-refractivity contribution is 0.166. The average Bonchev–Trinajstić information content (AvgIpc) is 2.67. The Balaban J connectivity index is 1.76. The summed E-state index contributed by atoms with van der Waals surface area (Å²) in [5.41, 5.74) is 0.996. The Morgan fingerprint density at radius 3 is 2.65 bits per heavy atom. The van der Waals surface area contributed by atoms with E-state index >= 15 is 0 Å². The van der Waals surface area contributed by atoms with Crippen molar-refractivity contribution in [3.8, 4) is 17.2 Å². The number of hydrogen-bond donors (Lipinski definition) is 1. The summed E-state index contributed by atoms with van der Waals surface area (Å²) in [6.07, 6.45) is -0.420. The molecule has 138 valence electrons. The quantitative estimate of drug-likeness (QED) is 0.882. The van der Waals surface area contributed by atoms with E-state index in [4.69, 9.17) is 14.2 Å². The number of methoxy groups -OCH3 is 1. The van der Waals surface area contributed by atoms with Crippen LogP contribution in [-0.4, -0.2) is 40.4 Å². The monoisotopic (exact) mass is 377 g/mol. The van der Waals surface area contributed by atoms with Gasteiger partial charge < -0.3 is 19.3 Å². The van der Waals surface area contributed by atoms with Gasteiger partial charge in [0.1, 0.15) is 19.0 Å². The van der Waals surface area contributed by atoms with E-state index in [0.29, 0.717) is 48.1 Å². The first-order chi connectivity index (χ1) is 12.5. The van der Waals surface area contributed by atoms with E-state index < -0.39 is 16.1 Å². The Bertz CT molecular complexity index is 943. The third kappa shape index (κ3) is 2.75. The predicted molar refractivity (Wildman–Crippen MR) is 94.5 cm³/mol. The van der Waals surface area contributed by atoms with Crippen LogP contribution in [-0.2, 0) is 10.0 Å². The van der Waals surface area contributed by atoms with Crippen molar-refractivity contribution in [2.45, 2.75) is 17.4 Å². The van der Waals surface area contributed by atoms with Crippen molar-refractivity contribution in [3.05, 3.63) is 42.0 Å². The number of sulfonamides is 1. The number of fused-ring (bicyclic) bond motifs is 2. The summed E-state index contributed by atoms with van der Waals surface area (Å²) in [5, 5.41) is 10.3. The molecule has 8 heteroatoms. The zero-order valence-electron chi connectivity index (χ0n) is 14.2. The largest absolute Gasteiger partial charge is 0.497 e. The fourth-order valence-electron chi connectivity index (χ4n) is 3.23. The second kappa shape index (κ2) is 6.37. The lowest BCUT2D eigenvalue weighted by Crippen LogP contribution is -2.36. The Morgan fingerprint density at radius 2 is 1.88 bits per heavy atom. The zero-order chi connectivity index (χ0) is 18.3. The first kappa shape index (κ1) is 17.0. The van der Waals surface area contributed by atoms with Crippen LogP contribution < -0.4 is 18.5 Å². The summed E-state index contributed by atoms with van der Waals surface area (Å²) in [5.74, 6) is 1.53. The Kier molecular flexibility index (Phi) is 4.16. The highest BCUT2D eigenvalue weighted by atomic mass is 32.2. The van der Waals surface area contributed by atoms with Gasteiger partial charge in [-0.1, -0.05) is 0 Å².